The molecule has 2 N–H and O–H groups in total. The minimum absolute atomic E-state index is 0.0116. The molecule has 2 amide bonds. The highest BCUT2D eigenvalue weighted by Crippen LogP contribution is 2.26. The van der Waals surface area contributed by atoms with Gasteiger partial charge in [-0.25, -0.2) is 0 Å². The fourth-order valence-electron chi connectivity index (χ4n) is 3.85. The first-order valence-electron chi connectivity index (χ1n) is 9.87. The highest BCUT2D eigenvalue weighted by atomic mass is 16.5. The Morgan fingerprint density at radius 3 is 2.62 bits per heavy atom. The second-order valence-corrected chi connectivity index (χ2v) is 7.53. The van der Waals surface area contributed by atoms with Crippen LogP contribution >= 0.6 is 0 Å². The predicted molar refractivity (Wildman–Crippen MR) is 113 cm³/mol. The highest BCUT2D eigenvalue weighted by molar-refractivity contribution is 5.98. The summed E-state index contributed by atoms with van der Waals surface area (Å²) in [7, 11) is 1.58. The van der Waals surface area contributed by atoms with E-state index in [2.05, 4.69) is 10.3 Å². The quantitative estimate of drug-likeness (QED) is 0.707. The molecule has 2 aromatic carbocycles. The standard InChI is InChI=1S/C23H25N3O3/c1-15-7-8-17-14-20(24-19(17)13-15)23(28)26-11-9-16(10-12-26)22(27)25-18-5-3-4-6-21(18)29-2/h3-8,13-14,16,24H,9-12H2,1-2H3,(H,25,27). The summed E-state index contributed by atoms with van der Waals surface area (Å²) in [6.45, 7) is 3.16. The molecule has 1 aromatic heterocycles. The molecule has 0 spiro atoms. The number of anilines is 1. The normalized spacial score (nSPS) is 14.8. The van der Waals surface area contributed by atoms with Gasteiger partial charge in [0.2, 0.25) is 5.91 Å². The Hall–Kier alpha value is -3.28. The number of carbonyl (C=O) groups excluding carboxylic acids is 2. The molecule has 0 aliphatic carbocycles. The van der Waals surface area contributed by atoms with Crippen LogP contribution < -0.4 is 10.1 Å². The molecule has 6 nitrogen and oxygen atoms in total. The summed E-state index contributed by atoms with van der Waals surface area (Å²) < 4.78 is 5.29. The molecule has 1 aliphatic heterocycles. The van der Waals surface area contributed by atoms with Gasteiger partial charge in [-0.05, 0) is 49.6 Å². The van der Waals surface area contributed by atoms with Gasteiger partial charge in [-0.15, -0.1) is 0 Å². The number of hydrogen-bond acceptors (Lipinski definition) is 3. The summed E-state index contributed by atoms with van der Waals surface area (Å²) in [5, 5.41) is 3.99. The lowest BCUT2D eigenvalue weighted by Crippen LogP contribution is -2.41. The molecule has 1 saturated heterocycles. The molecule has 0 radical (unpaired) electrons. The van der Waals surface area contributed by atoms with Crippen molar-refractivity contribution in [2.45, 2.75) is 19.8 Å². The zero-order chi connectivity index (χ0) is 20.4. The van der Waals surface area contributed by atoms with E-state index in [0.717, 1.165) is 16.5 Å². The van der Waals surface area contributed by atoms with Gasteiger partial charge in [-0.1, -0.05) is 24.3 Å². The number of methoxy groups -OCH3 is 1. The number of nitrogens with zero attached hydrogens (tertiary/aromatic N) is 1. The number of H-pyrrole nitrogens is 1. The van der Waals surface area contributed by atoms with Crippen LogP contribution in [0.1, 0.15) is 28.9 Å². The van der Waals surface area contributed by atoms with Crippen molar-refractivity contribution in [2.75, 3.05) is 25.5 Å². The maximum Gasteiger partial charge on any atom is 0.270 e. The first kappa shape index (κ1) is 19.1. The first-order valence-corrected chi connectivity index (χ1v) is 9.87. The summed E-state index contributed by atoms with van der Waals surface area (Å²) in [5.74, 6) is 0.488. The average molecular weight is 391 g/mol. The number of hydrogen-bond donors (Lipinski definition) is 2. The van der Waals surface area contributed by atoms with Crippen LogP contribution in [0.15, 0.2) is 48.5 Å². The summed E-state index contributed by atoms with van der Waals surface area (Å²) in [6, 6.07) is 15.4. The summed E-state index contributed by atoms with van der Waals surface area (Å²) in [5.41, 5.74) is 3.40. The third-order valence-corrected chi connectivity index (χ3v) is 5.53. The van der Waals surface area contributed by atoms with Crippen LogP contribution in [0, 0.1) is 12.8 Å². The molecule has 0 saturated carbocycles. The Morgan fingerprint density at radius 2 is 1.86 bits per heavy atom. The lowest BCUT2D eigenvalue weighted by atomic mass is 9.95. The summed E-state index contributed by atoms with van der Waals surface area (Å²) in [6.07, 6.45) is 1.29. The Kier molecular flexibility index (Phi) is 5.25. The molecule has 2 heterocycles. The van der Waals surface area contributed by atoms with Crippen LogP contribution in [0.5, 0.6) is 5.75 Å². The molecule has 0 bridgehead atoms. The van der Waals surface area contributed by atoms with E-state index in [-0.39, 0.29) is 17.7 Å². The van der Waals surface area contributed by atoms with E-state index in [4.69, 9.17) is 4.74 Å². The first-order chi connectivity index (χ1) is 14.0. The van der Waals surface area contributed by atoms with E-state index in [1.54, 1.807) is 7.11 Å². The monoisotopic (exact) mass is 391 g/mol. The largest absolute Gasteiger partial charge is 0.495 e. The van der Waals surface area contributed by atoms with Gasteiger partial charge < -0.3 is 19.9 Å². The molecule has 0 unspecified atom stereocenters. The molecule has 1 fully saturated rings. The van der Waals surface area contributed by atoms with Gasteiger partial charge in [-0.2, -0.15) is 0 Å². The SMILES string of the molecule is COc1ccccc1NC(=O)C1CCN(C(=O)c2cc3ccc(C)cc3[nH]2)CC1. The van der Waals surface area contributed by atoms with Gasteiger partial charge in [0.1, 0.15) is 11.4 Å². The summed E-state index contributed by atoms with van der Waals surface area (Å²) >= 11 is 0. The zero-order valence-corrected chi connectivity index (χ0v) is 16.7. The van der Waals surface area contributed by atoms with Gasteiger partial charge >= 0.3 is 0 Å². The van der Waals surface area contributed by atoms with E-state index in [0.29, 0.717) is 43.1 Å². The minimum atomic E-state index is -0.116. The van der Waals surface area contributed by atoms with Crippen molar-refractivity contribution >= 4 is 28.4 Å². The minimum Gasteiger partial charge on any atom is -0.495 e. The van der Waals surface area contributed by atoms with Crippen LogP contribution in [0.2, 0.25) is 0 Å². The third-order valence-electron chi connectivity index (χ3n) is 5.53. The van der Waals surface area contributed by atoms with Crippen LogP contribution in [0.4, 0.5) is 5.69 Å². The van der Waals surface area contributed by atoms with Gasteiger partial charge in [0, 0.05) is 29.9 Å². The Bertz CT molecular complexity index is 1050. The number of fused-ring (bicyclic) bond motifs is 1. The van der Waals surface area contributed by atoms with Gasteiger partial charge in [0.05, 0.1) is 12.8 Å². The highest BCUT2D eigenvalue weighted by Gasteiger charge is 2.28. The molecular formula is C23H25N3O3. The molecule has 1 aliphatic rings. The van der Waals surface area contributed by atoms with E-state index in [9.17, 15) is 9.59 Å². The van der Waals surface area contributed by atoms with E-state index in [1.807, 2.05) is 60.4 Å². The number of benzene rings is 2. The van der Waals surface area contributed by atoms with E-state index in [1.165, 1.54) is 0 Å². The molecule has 3 aromatic rings. The molecule has 29 heavy (non-hydrogen) atoms. The van der Waals surface area contributed by atoms with E-state index < -0.39 is 0 Å². The second-order valence-electron chi connectivity index (χ2n) is 7.53. The molecule has 6 heteroatoms. The van der Waals surface area contributed by atoms with Crippen molar-refractivity contribution in [1.82, 2.24) is 9.88 Å². The Labute approximate surface area is 169 Å². The topological polar surface area (TPSA) is 74.4 Å². The van der Waals surface area contributed by atoms with Crippen molar-refractivity contribution in [1.29, 1.82) is 0 Å². The van der Waals surface area contributed by atoms with Crippen LogP contribution in [0.3, 0.4) is 0 Å². The molecule has 4 rings (SSSR count). The number of aryl methyl sites for hydroxylation is 1. The van der Waals surface area contributed by atoms with Gasteiger partial charge in [0.15, 0.2) is 0 Å². The van der Waals surface area contributed by atoms with Crippen molar-refractivity contribution in [2.24, 2.45) is 5.92 Å². The fraction of sp³-hybridized carbons (Fsp3) is 0.304. The Morgan fingerprint density at radius 1 is 1.10 bits per heavy atom. The molecule has 150 valence electrons. The lowest BCUT2D eigenvalue weighted by Gasteiger charge is -2.31. The number of aromatic amines is 1. The number of carbonyl (C=O) groups is 2. The van der Waals surface area contributed by atoms with Gasteiger partial charge in [-0.3, -0.25) is 9.59 Å². The number of ether oxygens (including phenoxy) is 1. The summed E-state index contributed by atoms with van der Waals surface area (Å²) in [4.78, 5) is 30.6. The van der Waals surface area contributed by atoms with Crippen molar-refractivity contribution in [3.8, 4) is 5.75 Å². The van der Waals surface area contributed by atoms with Crippen LogP contribution in [-0.4, -0.2) is 41.9 Å². The zero-order valence-electron chi connectivity index (χ0n) is 16.7. The number of amides is 2. The molecule has 0 atom stereocenters. The maximum atomic E-state index is 12.9. The third kappa shape index (κ3) is 3.97. The smallest absolute Gasteiger partial charge is 0.270 e. The Balaban J connectivity index is 1.38. The fourth-order valence-corrected chi connectivity index (χ4v) is 3.85. The number of aromatic nitrogens is 1. The molecular weight excluding hydrogens is 366 g/mol. The van der Waals surface area contributed by atoms with Crippen molar-refractivity contribution in [3.63, 3.8) is 0 Å². The van der Waals surface area contributed by atoms with Crippen molar-refractivity contribution < 1.29 is 14.3 Å². The van der Waals surface area contributed by atoms with E-state index >= 15 is 0 Å². The number of likely N-dealkylation sites (tertiary alicyclic amines) is 1. The van der Waals surface area contributed by atoms with Crippen LogP contribution in [-0.2, 0) is 4.79 Å². The predicted octanol–water partition coefficient (Wildman–Crippen LogP) is 3.98. The van der Waals surface area contributed by atoms with Crippen LogP contribution in [0.25, 0.3) is 10.9 Å². The number of piperidine rings is 1. The van der Waals surface area contributed by atoms with Crippen molar-refractivity contribution in [3.05, 3.63) is 59.8 Å². The number of rotatable bonds is 4. The number of para-hydroxylation sites is 2. The lowest BCUT2D eigenvalue weighted by molar-refractivity contribution is -0.121. The second kappa shape index (κ2) is 7.99. The van der Waals surface area contributed by atoms with Gasteiger partial charge in [0.25, 0.3) is 5.91 Å². The maximum absolute atomic E-state index is 12.9. The number of nitrogens with one attached hydrogen (secondary N) is 2. The average Bonchev–Trinajstić information content (AvgIpc) is 3.17.